The van der Waals surface area contributed by atoms with Gasteiger partial charge in [-0.15, -0.1) is 0 Å². The Morgan fingerprint density at radius 3 is 2.20 bits per heavy atom. The van der Waals surface area contributed by atoms with Crippen LogP contribution < -0.4 is 0 Å². The fraction of sp³-hybridized carbons (Fsp3) is 0.520. The second-order valence-corrected chi connectivity index (χ2v) is 9.10. The smallest absolute Gasteiger partial charge is 0.166 e. The number of methoxy groups -OCH3 is 1. The van der Waals surface area contributed by atoms with Crippen LogP contribution in [-0.2, 0) is 27.3 Å². The van der Waals surface area contributed by atoms with Crippen LogP contribution in [0.15, 0.2) is 60.7 Å². The van der Waals surface area contributed by atoms with Crippen molar-refractivity contribution >= 4 is 0 Å². The van der Waals surface area contributed by atoms with Gasteiger partial charge in [-0.25, -0.2) is 0 Å². The van der Waals surface area contributed by atoms with Crippen molar-refractivity contribution in [3.8, 4) is 0 Å². The second-order valence-electron chi connectivity index (χ2n) is 9.10. The number of aliphatic hydroxyl groups excluding tert-OH is 1. The minimum absolute atomic E-state index is 0.0338. The van der Waals surface area contributed by atoms with Gasteiger partial charge in [0, 0.05) is 38.6 Å². The Labute approximate surface area is 178 Å². The zero-order valence-corrected chi connectivity index (χ0v) is 17.7. The monoisotopic (exact) mass is 409 g/mol. The Kier molecular flexibility index (Phi) is 5.42. The topological polar surface area (TPSA) is 51.2 Å². The van der Waals surface area contributed by atoms with E-state index in [9.17, 15) is 5.11 Å². The van der Waals surface area contributed by atoms with Gasteiger partial charge in [0.25, 0.3) is 0 Å². The third-order valence-corrected chi connectivity index (χ3v) is 7.29. The van der Waals surface area contributed by atoms with E-state index in [2.05, 4.69) is 60.4 Å². The molecule has 3 saturated heterocycles. The molecule has 1 N–H and O–H groups in total. The Morgan fingerprint density at radius 1 is 1.03 bits per heavy atom. The van der Waals surface area contributed by atoms with Gasteiger partial charge in [-0.2, -0.15) is 0 Å². The molecule has 6 unspecified atom stereocenters. The lowest BCUT2D eigenvalue weighted by Crippen LogP contribution is -2.68. The van der Waals surface area contributed by atoms with Gasteiger partial charge >= 0.3 is 0 Å². The van der Waals surface area contributed by atoms with Gasteiger partial charge in [0.05, 0.1) is 6.10 Å². The molecule has 1 aliphatic carbocycles. The summed E-state index contributed by atoms with van der Waals surface area (Å²) in [5.41, 5.74) is 1.84. The van der Waals surface area contributed by atoms with Crippen molar-refractivity contribution in [2.24, 2.45) is 17.8 Å². The van der Waals surface area contributed by atoms with Crippen molar-refractivity contribution in [1.29, 1.82) is 0 Å². The minimum atomic E-state index is -0.662. The first kappa shape index (κ1) is 20.2. The zero-order valence-electron chi connectivity index (χ0n) is 17.7. The Morgan fingerprint density at radius 2 is 1.63 bits per heavy atom. The Hall–Kier alpha value is -1.76. The van der Waals surface area contributed by atoms with E-state index in [4.69, 9.17) is 14.2 Å². The molecule has 0 amide bonds. The average Bonchev–Trinajstić information content (AvgIpc) is 3.01. The van der Waals surface area contributed by atoms with E-state index in [1.54, 1.807) is 7.11 Å². The van der Waals surface area contributed by atoms with Crippen LogP contribution in [0.2, 0.25) is 0 Å². The van der Waals surface area contributed by atoms with Gasteiger partial charge in [-0.3, -0.25) is 4.90 Å². The van der Waals surface area contributed by atoms with Crippen molar-refractivity contribution < 1.29 is 19.3 Å². The summed E-state index contributed by atoms with van der Waals surface area (Å²) in [5, 5.41) is 11.2. The van der Waals surface area contributed by atoms with Gasteiger partial charge in [0.1, 0.15) is 5.60 Å². The largest absolute Gasteiger partial charge is 0.390 e. The lowest BCUT2D eigenvalue weighted by molar-refractivity contribution is -0.410. The SMILES string of the molecule is COC1OC2OC3(CN(Cc4ccccc4)Cc4ccccc4)C1C(C[C@H]3O)C2C. The predicted octanol–water partition coefficient (Wildman–Crippen LogP) is 3.42. The Bertz CT molecular complexity index is 805. The third-order valence-electron chi connectivity index (χ3n) is 7.29. The first-order valence-corrected chi connectivity index (χ1v) is 10.9. The summed E-state index contributed by atoms with van der Waals surface area (Å²) >= 11 is 0. The second kappa shape index (κ2) is 8.06. The number of fused-ring (bicyclic) bond motifs is 1. The number of benzene rings is 2. The van der Waals surface area contributed by atoms with Crippen LogP contribution in [0, 0.1) is 17.8 Å². The number of rotatable bonds is 7. The van der Waals surface area contributed by atoms with E-state index in [1.807, 2.05) is 12.1 Å². The summed E-state index contributed by atoms with van der Waals surface area (Å²) in [4.78, 5) is 2.40. The minimum Gasteiger partial charge on any atom is -0.390 e. The van der Waals surface area contributed by atoms with Gasteiger partial charge in [-0.1, -0.05) is 67.6 Å². The standard InChI is InChI=1S/C25H31NO4/c1-17-20-13-21(27)25(22(20)24(28-2)29-23(17)30-25)16-26(14-18-9-5-3-6-10-18)15-19-11-7-4-8-12-19/h3-12,17,20-24,27H,13-16H2,1-2H3/t17?,20?,21-,22?,23?,24?,25?/m1/s1. The van der Waals surface area contributed by atoms with Gasteiger partial charge in [0.15, 0.2) is 12.6 Å². The van der Waals surface area contributed by atoms with Gasteiger partial charge in [-0.05, 0) is 23.5 Å². The van der Waals surface area contributed by atoms with Crippen LogP contribution in [0.1, 0.15) is 24.5 Å². The molecule has 3 aliphatic heterocycles. The van der Waals surface area contributed by atoms with E-state index in [0.717, 1.165) is 19.5 Å². The molecule has 6 rings (SSSR count). The fourth-order valence-electron chi connectivity index (χ4n) is 5.86. The highest BCUT2D eigenvalue weighted by atomic mass is 16.8. The first-order chi connectivity index (χ1) is 14.6. The summed E-state index contributed by atoms with van der Waals surface area (Å²) in [7, 11) is 1.70. The van der Waals surface area contributed by atoms with E-state index in [1.165, 1.54) is 11.1 Å². The van der Waals surface area contributed by atoms with E-state index >= 15 is 0 Å². The highest BCUT2D eigenvalue weighted by Gasteiger charge is 2.69. The quantitative estimate of drug-likeness (QED) is 0.759. The average molecular weight is 410 g/mol. The molecule has 4 aliphatic rings. The summed E-state index contributed by atoms with van der Waals surface area (Å²) in [6, 6.07) is 21.0. The van der Waals surface area contributed by atoms with Gasteiger partial charge < -0.3 is 19.3 Å². The molecule has 0 radical (unpaired) electrons. The van der Waals surface area contributed by atoms with Crippen molar-refractivity contribution in [1.82, 2.24) is 4.90 Å². The molecule has 1 saturated carbocycles. The van der Waals surface area contributed by atoms with E-state index in [0.29, 0.717) is 12.5 Å². The molecule has 30 heavy (non-hydrogen) atoms. The molecule has 5 heteroatoms. The van der Waals surface area contributed by atoms with Crippen molar-refractivity contribution in [3.05, 3.63) is 71.8 Å². The summed E-state index contributed by atoms with van der Waals surface area (Å²) in [5.74, 6) is 0.655. The van der Waals surface area contributed by atoms with Crippen LogP contribution in [-0.4, -0.2) is 47.9 Å². The van der Waals surface area contributed by atoms with Crippen molar-refractivity contribution in [2.75, 3.05) is 13.7 Å². The molecule has 0 aromatic heterocycles. The van der Waals surface area contributed by atoms with Crippen LogP contribution in [0.5, 0.6) is 0 Å². The van der Waals surface area contributed by atoms with Gasteiger partial charge in [0.2, 0.25) is 0 Å². The normalized spacial score (nSPS) is 37.1. The zero-order chi connectivity index (χ0) is 20.7. The molecule has 4 bridgehead atoms. The molecule has 2 aromatic rings. The number of hydrogen-bond donors (Lipinski definition) is 1. The Balaban J connectivity index is 1.45. The van der Waals surface area contributed by atoms with Crippen molar-refractivity contribution in [2.45, 2.75) is 50.7 Å². The first-order valence-electron chi connectivity index (χ1n) is 10.9. The third kappa shape index (κ3) is 3.39. The number of aliphatic hydroxyl groups is 1. The lowest BCUT2D eigenvalue weighted by Gasteiger charge is -2.56. The highest BCUT2D eigenvalue weighted by Crippen LogP contribution is 2.58. The van der Waals surface area contributed by atoms with Crippen LogP contribution in [0.25, 0.3) is 0 Å². The molecular formula is C25H31NO4. The molecule has 7 atom stereocenters. The number of ether oxygens (including phenoxy) is 3. The predicted molar refractivity (Wildman–Crippen MR) is 113 cm³/mol. The lowest BCUT2D eigenvalue weighted by atomic mass is 9.73. The fourth-order valence-corrected chi connectivity index (χ4v) is 5.86. The van der Waals surface area contributed by atoms with Crippen LogP contribution >= 0.6 is 0 Å². The van der Waals surface area contributed by atoms with Crippen molar-refractivity contribution in [3.63, 3.8) is 0 Å². The molecule has 5 nitrogen and oxygen atoms in total. The molecule has 160 valence electrons. The summed E-state index contributed by atoms with van der Waals surface area (Å²) in [6.07, 6.45) is -0.416. The summed E-state index contributed by atoms with van der Waals surface area (Å²) in [6.45, 7) is 4.40. The molecule has 4 fully saturated rings. The van der Waals surface area contributed by atoms with E-state index in [-0.39, 0.29) is 24.4 Å². The molecular weight excluding hydrogens is 378 g/mol. The molecule has 3 heterocycles. The summed E-state index contributed by atoms with van der Waals surface area (Å²) < 4.78 is 18.3. The number of hydrogen-bond acceptors (Lipinski definition) is 5. The van der Waals surface area contributed by atoms with Crippen LogP contribution in [0.3, 0.4) is 0 Å². The van der Waals surface area contributed by atoms with E-state index < -0.39 is 11.7 Å². The molecule has 2 aromatic carbocycles. The highest BCUT2D eigenvalue weighted by molar-refractivity contribution is 5.19. The van der Waals surface area contributed by atoms with Crippen LogP contribution in [0.4, 0.5) is 0 Å². The molecule has 0 spiro atoms. The number of nitrogens with zero attached hydrogens (tertiary/aromatic N) is 1. The maximum atomic E-state index is 11.2. The maximum absolute atomic E-state index is 11.2. The maximum Gasteiger partial charge on any atom is 0.166 e.